The highest BCUT2D eigenvalue weighted by atomic mass is 35.5. The number of carbonyl (C=O) groups is 1. The summed E-state index contributed by atoms with van der Waals surface area (Å²) in [7, 11) is 1.64. The molecule has 0 aliphatic carbocycles. The molecule has 1 fully saturated rings. The molecule has 1 aliphatic rings. The topological polar surface area (TPSA) is 42.4 Å². The molecule has 0 N–H and O–H groups in total. The standard InChI is InChI=1S/C18H19ClN2O2S/c1-23-14-5-7-15(8-6-14)24-17-16(19)11-13(12-20-17)18(22)21-9-3-2-4-10-21/h5-8,11-12H,2-4,9-10H2,1H3. The summed E-state index contributed by atoms with van der Waals surface area (Å²) in [5.74, 6) is 0.825. The van der Waals surface area contributed by atoms with Crippen LogP contribution in [0.25, 0.3) is 0 Å². The maximum absolute atomic E-state index is 12.5. The van der Waals surface area contributed by atoms with Gasteiger partial charge in [-0.15, -0.1) is 0 Å². The van der Waals surface area contributed by atoms with Gasteiger partial charge in [-0.2, -0.15) is 0 Å². The summed E-state index contributed by atoms with van der Waals surface area (Å²) in [5, 5.41) is 1.19. The maximum Gasteiger partial charge on any atom is 0.255 e. The molecular weight excluding hydrogens is 344 g/mol. The summed E-state index contributed by atoms with van der Waals surface area (Å²) in [6.45, 7) is 1.64. The predicted molar refractivity (Wildman–Crippen MR) is 96.1 cm³/mol. The quantitative estimate of drug-likeness (QED) is 0.801. The number of hydrogen-bond acceptors (Lipinski definition) is 4. The summed E-state index contributed by atoms with van der Waals surface area (Å²) in [5.41, 5.74) is 0.556. The Kier molecular flexibility index (Phi) is 5.63. The number of nitrogens with zero attached hydrogens (tertiary/aromatic N) is 2. The lowest BCUT2D eigenvalue weighted by atomic mass is 10.1. The Balaban J connectivity index is 1.72. The lowest BCUT2D eigenvalue weighted by Crippen LogP contribution is -2.35. The fraction of sp³-hybridized carbons (Fsp3) is 0.333. The molecule has 2 heterocycles. The summed E-state index contributed by atoms with van der Waals surface area (Å²) >= 11 is 7.81. The number of ether oxygens (including phenoxy) is 1. The van der Waals surface area contributed by atoms with E-state index in [9.17, 15) is 4.79 Å². The van der Waals surface area contributed by atoms with E-state index in [4.69, 9.17) is 16.3 Å². The van der Waals surface area contributed by atoms with Crippen molar-refractivity contribution in [2.75, 3.05) is 20.2 Å². The zero-order valence-electron chi connectivity index (χ0n) is 13.5. The van der Waals surface area contributed by atoms with Gasteiger partial charge in [-0.25, -0.2) is 4.98 Å². The third-order valence-electron chi connectivity index (χ3n) is 3.97. The van der Waals surface area contributed by atoms with Crippen LogP contribution < -0.4 is 4.74 Å². The van der Waals surface area contributed by atoms with E-state index in [1.807, 2.05) is 29.2 Å². The van der Waals surface area contributed by atoms with Crippen LogP contribution in [-0.2, 0) is 0 Å². The van der Waals surface area contributed by atoms with Gasteiger partial charge in [0, 0.05) is 24.2 Å². The molecule has 1 aromatic heterocycles. The second-order valence-corrected chi connectivity index (χ2v) is 7.11. The maximum atomic E-state index is 12.5. The highest BCUT2D eigenvalue weighted by Gasteiger charge is 2.19. The second kappa shape index (κ2) is 7.90. The molecule has 0 spiro atoms. The van der Waals surface area contributed by atoms with Crippen LogP contribution in [-0.4, -0.2) is 36.0 Å². The molecule has 126 valence electrons. The molecule has 1 amide bonds. The number of methoxy groups -OCH3 is 1. The van der Waals surface area contributed by atoms with Gasteiger partial charge >= 0.3 is 0 Å². The minimum absolute atomic E-state index is 0.0186. The van der Waals surface area contributed by atoms with Crippen molar-refractivity contribution in [2.45, 2.75) is 29.2 Å². The number of halogens is 1. The van der Waals surface area contributed by atoms with E-state index in [2.05, 4.69) is 4.98 Å². The fourth-order valence-electron chi connectivity index (χ4n) is 2.65. The van der Waals surface area contributed by atoms with Gasteiger partial charge in [0.05, 0.1) is 17.7 Å². The first-order chi connectivity index (χ1) is 11.7. The number of piperidine rings is 1. The average molecular weight is 363 g/mol. The smallest absolute Gasteiger partial charge is 0.255 e. The van der Waals surface area contributed by atoms with E-state index in [1.54, 1.807) is 19.4 Å². The molecule has 0 saturated carbocycles. The first-order valence-corrected chi connectivity index (χ1v) is 9.13. The third-order valence-corrected chi connectivity index (χ3v) is 5.40. The van der Waals surface area contributed by atoms with Crippen molar-refractivity contribution in [1.29, 1.82) is 0 Å². The van der Waals surface area contributed by atoms with Crippen LogP contribution in [0.3, 0.4) is 0 Å². The Hall–Kier alpha value is -1.72. The van der Waals surface area contributed by atoms with Gasteiger partial charge in [0.2, 0.25) is 0 Å². The highest BCUT2D eigenvalue weighted by Crippen LogP contribution is 2.33. The number of rotatable bonds is 4. The molecule has 24 heavy (non-hydrogen) atoms. The number of pyridine rings is 1. The molecule has 1 aromatic carbocycles. The SMILES string of the molecule is COc1ccc(Sc2ncc(C(=O)N3CCCCC3)cc2Cl)cc1. The first kappa shape index (κ1) is 17.1. The van der Waals surface area contributed by atoms with Crippen LogP contribution in [0.15, 0.2) is 46.5 Å². The number of carbonyl (C=O) groups excluding carboxylic acids is 1. The second-order valence-electron chi connectivity index (χ2n) is 5.64. The van der Waals surface area contributed by atoms with Gasteiger partial charge in [-0.3, -0.25) is 4.79 Å². The summed E-state index contributed by atoms with van der Waals surface area (Å²) < 4.78 is 5.15. The van der Waals surface area contributed by atoms with Crippen molar-refractivity contribution in [1.82, 2.24) is 9.88 Å². The third kappa shape index (κ3) is 4.02. The summed E-state index contributed by atoms with van der Waals surface area (Å²) in [4.78, 5) is 19.8. The fourth-order valence-corrected chi connectivity index (χ4v) is 3.69. The van der Waals surface area contributed by atoms with Crippen LogP contribution in [0, 0.1) is 0 Å². The van der Waals surface area contributed by atoms with Crippen molar-refractivity contribution in [3.8, 4) is 5.75 Å². The van der Waals surface area contributed by atoms with Gasteiger partial charge in [0.15, 0.2) is 0 Å². The molecule has 0 atom stereocenters. The van der Waals surface area contributed by atoms with Crippen LogP contribution in [0.4, 0.5) is 0 Å². The Morgan fingerprint density at radius 2 is 1.92 bits per heavy atom. The van der Waals surface area contributed by atoms with Crippen LogP contribution in [0.5, 0.6) is 5.75 Å². The van der Waals surface area contributed by atoms with Gasteiger partial charge in [-0.05, 0) is 49.6 Å². The summed E-state index contributed by atoms with van der Waals surface area (Å²) in [6, 6.07) is 9.41. The van der Waals surface area contributed by atoms with Crippen LogP contribution >= 0.6 is 23.4 Å². The Morgan fingerprint density at radius 1 is 1.21 bits per heavy atom. The van der Waals surface area contributed by atoms with E-state index in [-0.39, 0.29) is 5.91 Å². The van der Waals surface area contributed by atoms with Crippen molar-refractivity contribution < 1.29 is 9.53 Å². The number of aromatic nitrogens is 1. The zero-order chi connectivity index (χ0) is 16.9. The van der Waals surface area contributed by atoms with E-state index in [0.29, 0.717) is 15.6 Å². The Morgan fingerprint density at radius 3 is 2.54 bits per heavy atom. The first-order valence-electron chi connectivity index (χ1n) is 7.94. The lowest BCUT2D eigenvalue weighted by molar-refractivity contribution is 0.0724. The Labute approximate surface area is 151 Å². The number of benzene rings is 1. The molecule has 1 saturated heterocycles. The van der Waals surface area contributed by atoms with Gasteiger partial charge in [0.1, 0.15) is 10.8 Å². The molecule has 0 unspecified atom stereocenters. The molecule has 0 radical (unpaired) electrons. The molecule has 6 heteroatoms. The van der Waals surface area contributed by atoms with Gasteiger partial charge in [0.25, 0.3) is 5.91 Å². The molecule has 3 rings (SSSR count). The molecule has 0 bridgehead atoms. The molecule has 2 aromatic rings. The minimum Gasteiger partial charge on any atom is -0.497 e. The Bertz CT molecular complexity index is 715. The van der Waals surface area contributed by atoms with Crippen LogP contribution in [0.2, 0.25) is 5.02 Å². The van der Waals surface area contributed by atoms with Crippen molar-refractivity contribution in [3.63, 3.8) is 0 Å². The number of likely N-dealkylation sites (tertiary alicyclic amines) is 1. The molecule has 4 nitrogen and oxygen atoms in total. The predicted octanol–water partition coefficient (Wildman–Crippen LogP) is 4.52. The normalized spacial score (nSPS) is 14.5. The lowest BCUT2D eigenvalue weighted by Gasteiger charge is -2.26. The average Bonchev–Trinajstić information content (AvgIpc) is 2.64. The van der Waals surface area contributed by atoms with Crippen LogP contribution in [0.1, 0.15) is 29.6 Å². The minimum atomic E-state index is 0.0186. The highest BCUT2D eigenvalue weighted by molar-refractivity contribution is 7.99. The monoisotopic (exact) mass is 362 g/mol. The van der Waals surface area contributed by atoms with E-state index < -0.39 is 0 Å². The van der Waals surface area contributed by atoms with E-state index in [0.717, 1.165) is 36.6 Å². The zero-order valence-corrected chi connectivity index (χ0v) is 15.1. The van der Waals surface area contributed by atoms with Gasteiger partial charge < -0.3 is 9.64 Å². The molecular formula is C18H19ClN2O2S. The number of amides is 1. The van der Waals surface area contributed by atoms with Crippen molar-refractivity contribution in [2.24, 2.45) is 0 Å². The summed E-state index contributed by atoms with van der Waals surface area (Å²) in [6.07, 6.45) is 4.95. The number of hydrogen-bond donors (Lipinski definition) is 0. The van der Waals surface area contributed by atoms with Crippen molar-refractivity contribution >= 4 is 29.3 Å². The van der Waals surface area contributed by atoms with E-state index in [1.165, 1.54) is 18.2 Å². The largest absolute Gasteiger partial charge is 0.497 e. The molecule has 1 aliphatic heterocycles. The van der Waals surface area contributed by atoms with Gasteiger partial charge in [-0.1, -0.05) is 23.4 Å². The van der Waals surface area contributed by atoms with E-state index >= 15 is 0 Å². The van der Waals surface area contributed by atoms with Crippen molar-refractivity contribution in [3.05, 3.63) is 47.1 Å².